The average molecular weight is 312 g/mol. The zero-order valence-corrected chi connectivity index (χ0v) is 11.0. The molecule has 2 nitrogen and oxygen atoms in total. The number of halogens is 6. The second kappa shape index (κ2) is 6.23. The van der Waals surface area contributed by atoms with Crippen LogP contribution in [0.15, 0.2) is 12.1 Å². The van der Waals surface area contributed by atoms with Gasteiger partial charge in [0, 0.05) is 49.9 Å². The summed E-state index contributed by atoms with van der Waals surface area (Å²) in [6.07, 6.45) is -5.96. The van der Waals surface area contributed by atoms with Crippen molar-refractivity contribution in [1.29, 1.82) is 0 Å². The van der Waals surface area contributed by atoms with Crippen molar-refractivity contribution in [3.8, 4) is 0 Å². The first kappa shape index (κ1) is 16.1. The molecule has 0 unspecified atom stereocenters. The van der Waals surface area contributed by atoms with E-state index in [0.717, 1.165) is 0 Å². The minimum absolute atomic E-state index is 0.233. The van der Waals surface area contributed by atoms with E-state index in [1.54, 1.807) is 0 Å². The Hall–Kier alpha value is -1.28. The quantitative estimate of drug-likeness (QED) is 0.863. The lowest BCUT2D eigenvalue weighted by molar-refractivity contribution is -0.149. The lowest BCUT2D eigenvalue weighted by atomic mass is 9.99. The van der Waals surface area contributed by atoms with Gasteiger partial charge in [-0.25, -0.2) is 13.2 Å². The van der Waals surface area contributed by atoms with E-state index in [1.807, 2.05) is 0 Å². The maximum absolute atomic E-state index is 13.8. The molecule has 0 bridgehead atoms. The van der Waals surface area contributed by atoms with Gasteiger partial charge in [0.05, 0.1) is 6.42 Å². The summed E-state index contributed by atoms with van der Waals surface area (Å²) in [4.78, 5) is 1.36. The van der Waals surface area contributed by atoms with E-state index in [0.29, 0.717) is 25.2 Å². The van der Waals surface area contributed by atoms with Crippen molar-refractivity contribution >= 4 is 0 Å². The smallest absolute Gasteiger partial charge is 0.314 e. The molecule has 118 valence electrons. The molecule has 8 heteroatoms. The first-order chi connectivity index (χ1) is 9.78. The summed E-state index contributed by atoms with van der Waals surface area (Å²) in [7, 11) is 0. The van der Waals surface area contributed by atoms with E-state index in [2.05, 4.69) is 5.32 Å². The molecule has 1 aliphatic rings. The summed E-state index contributed by atoms with van der Waals surface area (Å²) < 4.78 is 78.7. The predicted octanol–water partition coefficient (Wildman–Crippen LogP) is 3.00. The van der Waals surface area contributed by atoms with Gasteiger partial charge in [-0.3, -0.25) is 4.90 Å². The van der Waals surface area contributed by atoms with E-state index in [4.69, 9.17) is 0 Å². The Balaban J connectivity index is 2.39. The highest BCUT2D eigenvalue weighted by molar-refractivity contribution is 5.25. The molecule has 21 heavy (non-hydrogen) atoms. The SMILES string of the molecule is Fc1cc(F)c([C@@H](CC(F)(F)F)N2CCNCC2)c(F)c1. The Morgan fingerprint density at radius 3 is 2.05 bits per heavy atom. The van der Waals surface area contributed by atoms with Crippen molar-refractivity contribution < 1.29 is 26.3 Å². The Bertz CT molecular complexity index is 473. The molecular formula is C13H14F6N2. The third-order valence-corrected chi connectivity index (χ3v) is 3.39. The van der Waals surface area contributed by atoms with Crippen LogP contribution in [0.2, 0.25) is 0 Å². The zero-order chi connectivity index (χ0) is 15.6. The Morgan fingerprint density at radius 2 is 1.57 bits per heavy atom. The number of benzene rings is 1. The van der Waals surface area contributed by atoms with Crippen LogP contribution in [0, 0.1) is 17.5 Å². The molecule has 0 aromatic heterocycles. The molecule has 0 radical (unpaired) electrons. The average Bonchev–Trinajstić information content (AvgIpc) is 2.36. The van der Waals surface area contributed by atoms with E-state index in [9.17, 15) is 26.3 Å². The third kappa shape index (κ3) is 4.10. The predicted molar refractivity (Wildman–Crippen MR) is 64.2 cm³/mol. The molecule has 0 saturated carbocycles. The molecule has 0 amide bonds. The summed E-state index contributed by atoms with van der Waals surface area (Å²) in [5.41, 5.74) is -0.726. The summed E-state index contributed by atoms with van der Waals surface area (Å²) >= 11 is 0. The molecule has 1 atom stereocenters. The van der Waals surface area contributed by atoms with Crippen LogP contribution in [0.5, 0.6) is 0 Å². The van der Waals surface area contributed by atoms with Crippen molar-refractivity contribution in [3.05, 3.63) is 35.1 Å². The molecule has 1 heterocycles. The van der Waals surface area contributed by atoms with Gasteiger partial charge < -0.3 is 5.32 Å². The normalized spacial score (nSPS) is 18.8. The van der Waals surface area contributed by atoms with Crippen LogP contribution in [0.25, 0.3) is 0 Å². The fourth-order valence-electron chi connectivity index (χ4n) is 2.50. The monoisotopic (exact) mass is 312 g/mol. The standard InChI is InChI=1S/C13H14F6N2/c14-8-5-9(15)12(10(16)6-8)11(7-13(17,18)19)21-3-1-20-2-4-21/h5-6,11,20H,1-4,7H2/t11-/m1/s1. The molecule has 1 aliphatic heterocycles. The molecule has 0 spiro atoms. The molecule has 1 N–H and O–H groups in total. The van der Waals surface area contributed by atoms with Crippen LogP contribution in [-0.2, 0) is 0 Å². The number of nitrogens with one attached hydrogen (secondary N) is 1. The molecule has 1 aromatic rings. The maximum Gasteiger partial charge on any atom is 0.390 e. The zero-order valence-electron chi connectivity index (χ0n) is 11.0. The maximum atomic E-state index is 13.8. The molecule has 1 fully saturated rings. The lowest BCUT2D eigenvalue weighted by Gasteiger charge is -2.35. The van der Waals surface area contributed by atoms with Crippen molar-refractivity contribution in [2.45, 2.75) is 18.6 Å². The Kier molecular flexibility index (Phi) is 4.77. The number of piperazine rings is 1. The van der Waals surface area contributed by atoms with Crippen LogP contribution in [0.4, 0.5) is 26.3 Å². The van der Waals surface area contributed by atoms with E-state index < -0.39 is 41.7 Å². The van der Waals surface area contributed by atoms with Gasteiger partial charge in [-0.15, -0.1) is 0 Å². The van der Waals surface area contributed by atoms with Crippen molar-refractivity contribution in [3.63, 3.8) is 0 Å². The van der Waals surface area contributed by atoms with Crippen molar-refractivity contribution in [2.75, 3.05) is 26.2 Å². The van der Waals surface area contributed by atoms with Crippen LogP contribution in [-0.4, -0.2) is 37.3 Å². The van der Waals surface area contributed by atoms with Crippen LogP contribution in [0.1, 0.15) is 18.0 Å². The highest BCUT2D eigenvalue weighted by Gasteiger charge is 2.38. The van der Waals surface area contributed by atoms with Gasteiger partial charge in [0.2, 0.25) is 0 Å². The topological polar surface area (TPSA) is 15.3 Å². The van der Waals surface area contributed by atoms with Gasteiger partial charge in [0.25, 0.3) is 0 Å². The third-order valence-electron chi connectivity index (χ3n) is 3.39. The highest BCUT2D eigenvalue weighted by Crippen LogP contribution is 2.36. The number of nitrogens with zero attached hydrogens (tertiary/aromatic N) is 1. The van der Waals surface area contributed by atoms with Gasteiger partial charge in [-0.2, -0.15) is 13.2 Å². The van der Waals surface area contributed by atoms with Gasteiger partial charge in [-0.05, 0) is 0 Å². The van der Waals surface area contributed by atoms with Gasteiger partial charge in [0.1, 0.15) is 17.5 Å². The van der Waals surface area contributed by atoms with E-state index in [-0.39, 0.29) is 13.1 Å². The minimum atomic E-state index is -4.58. The van der Waals surface area contributed by atoms with Gasteiger partial charge >= 0.3 is 6.18 Å². The van der Waals surface area contributed by atoms with Gasteiger partial charge in [-0.1, -0.05) is 0 Å². The molecular weight excluding hydrogens is 298 g/mol. The fraction of sp³-hybridized carbons (Fsp3) is 0.538. The van der Waals surface area contributed by atoms with Gasteiger partial charge in [0.15, 0.2) is 0 Å². The fourth-order valence-corrected chi connectivity index (χ4v) is 2.50. The van der Waals surface area contributed by atoms with Crippen molar-refractivity contribution in [2.24, 2.45) is 0 Å². The largest absolute Gasteiger partial charge is 0.390 e. The molecule has 1 saturated heterocycles. The first-order valence-corrected chi connectivity index (χ1v) is 6.44. The van der Waals surface area contributed by atoms with E-state index in [1.165, 1.54) is 4.90 Å². The van der Waals surface area contributed by atoms with Crippen molar-refractivity contribution in [1.82, 2.24) is 10.2 Å². The molecule has 1 aromatic carbocycles. The summed E-state index contributed by atoms with van der Waals surface area (Å²) in [6.45, 7) is 1.32. The summed E-state index contributed by atoms with van der Waals surface area (Å²) in [6, 6.07) is -0.679. The number of hydrogen-bond donors (Lipinski definition) is 1. The second-order valence-corrected chi connectivity index (χ2v) is 4.90. The first-order valence-electron chi connectivity index (χ1n) is 6.44. The number of alkyl halides is 3. The van der Waals surface area contributed by atoms with Crippen LogP contribution in [0.3, 0.4) is 0 Å². The number of hydrogen-bond acceptors (Lipinski definition) is 2. The summed E-state index contributed by atoms with van der Waals surface area (Å²) in [5, 5.41) is 2.95. The van der Waals surface area contributed by atoms with E-state index >= 15 is 0 Å². The lowest BCUT2D eigenvalue weighted by Crippen LogP contribution is -2.46. The molecule has 2 rings (SSSR count). The highest BCUT2D eigenvalue weighted by atomic mass is 19.4. The second-order valence-electron chi connectivity index (χ2n) is 4.90. The summed E-state index contributed by atoms with van der Waals surface area (Å²) in [5.74, 6) is -3.74. The Labute approximate surface area is 117 Å². The Morgan fingerprint density at radius 1 is 1.05 bits per heavy atom. The minimum Gasteiger partial charge on any atom is -0.314 e. The van der Waals surface area contributed by atoms with Crippen LogP contribution < -0.4 is 5.32 Å². The molecule has 0 aliphatic carbocycles. The number of rotatable bonds is 3. The van der Waals surface area contributed by atoms with Crippen LogP contribution >= 0.6 is 0 Å².